The molecule has 1 aliphatic heterocycles. The Labute approximate surface area is 106 Å². The Kier molecular flexibility index (Phi) is 4.46. The highest BCUT2D eigenvalue weighted by Gasteiger charge is 2.43. The van der Waals surface area contributed by atoms with Gasteiger partial charge in [-0.25, -0.2) is 0 Å². The Morgan fingerprint density at radius 3 is 2.59 bits per heavy atom. The van der Waals surface area contributed by atoms with Gasteiger partial charge in [0.15, 0.2) is 0 Å². The molecule has 0 aromatic rings. The number of nitrogens with zero attached hydrogens (tertiary/aromatic N) is 1. The van der Waals surface area contributed by atoms with E-state index in [0.717, 1.165) is 19.0 Å². The quantitative estimate of drug-likeness (QED) is 0.658. The third-order valence-corrected chi connectivity index (χ3v) is 4.28. The van der Waals surface area contributed by atoms with Crippen molar-refractivity contribution < 1.29 is 0 Å². The predicted molar refractivity (Wildman–Crippen MR) is 73.0 cm³/mol. The summed E-state index contributed by atoms with van der Waals surface area (Å²) in [6, 6.07) is 0. The van der Waals surface area contributed by atoms with Crippen LogP contribution in [0.3, 0.4) is 0 Å². The minimum atomic E-state index is 0.503. The molecule has 0 amide bonds. The van der Waals surface area contributed by atoms with E-state index >= 15 is 0 Å². The van der Waals surface area contributed by atoms with Crippen molar-refractivity contribution in [2.45, 2.75) is 37.6 Å². The van der Waals surface area contributed by atoms with Gasteiger partial charge in [-0.1, -0.05) is 6.58 Å². The van der Waals surface area contributed by atoms with E-state index < -0.39 is 0 Å². The molecule has 98 valence electrons. The number of hydrogen-bond donors (Lipinski definition) is 2. The lowest BCUT2D eigenvalue weighted by Crippen LogP contribution is -2.39. The van der Waals surface area contributed by atoms with Gasteiger partial charge in [-0.3, -0.25) is 0 Å². The highest BCUT2D eigenvalue weighted by Crippen LogP contribution is 2.42. The second kappa shape index (κ2) is 5.87. The van der Waals surface area contributed by atoms with Gasteiger partial charge in [-0.15, -0.1) is 0 Å². The molecule has 3 heteroatoms. The van der Waals surface area contributed by atoms with E-state index in [1.165, 1.54) is 45.2 Å². The van der Waals surface area contributed by atoms with Crippen LogP contribution in [0.25, 0.3) is 0 Å². The summed E-state index contributed by atoms with van der Waals surface area (Å²) in [5, 5.41) is 6.89. The molecule has 2 fully saturated rings. The second-order valence-corrected chi connectivity index (χ2v) is 5.82. The lowest BCUT2D eigenvalue weighted by atomic mass is 9.89. The average molecular weight is 237 g/mol. The lowest BCUT2D eigenvalue weighted by molar-refractivity contribution is 0.196. The molecule has 17 heavy (non-hydrogen) atoms. The van der Waals surface area contributed by atoms with Crippen molar-refractivity contribution in [3.05, 3.63) is 12.8 Å². The molecule has 0 unspecified atom stereocenters. The summed E-state index contributed by atoms with van der Waals surface area (Å²) in [6.45, 7) is 8.32. The SMILES string of the molecule is C=CNCCNC1(CC2CCN(C)CC2)CC1. The molecule has 0 radical (unpaired) electrons. The molecule has 2 N–H and O–H groups in total. The van der Waals surface area contributed by atoms with E-state index in [1.54, 1.807) is 6.20 Å². The van der Waals surface area contributed by atoms with Crippen LogP contribution in [0.2, 0.25) is 0 Å². The molecule has 3 nitrogen and oxygen atoms in total. The van der Waals surface area contributed by atoms with Crippen LogP contribution in [-0.4, -0.2) is 43.7 Å². The number of piperidine rings is 1. The number of nitrogens with one attached hydrogen (secondary N) is 2. The van der Waals surface area contributed by atoms with Crippen LogP contribution in [-0.2, 0) is 0 Å². The maximum absolute atomic E-state index is 3.74. The van der Waals surface area contributed by atoms with Gasteiger partial charge in [0.25, 0.3) is 0 Å². The average Bonchev–Trinajstić information content (AvgIpc) is 3.08. The summed E-state index contributed by atoms with van der Waals surface area (Å²) < 4.78 is 0. The van der Waals surface area contributed by atoms with Crippen molar-refractivity contribution in [1.82, 2.24) is 15.5 Å². The van der Waals surface area contributed by atoms with Crippen LogP contribution in [0.15, 0.2) is 12.8 Å². The van der Waals surface area contributed by atoms with Gasteiger partial charge < -0.3 is 15.5 Å². The molecule has 2 aliphatic rings. The molecule has 2 rings (SSSR count). The second-order valence-electron chi connectivity index (χ2n) is 5.82. The summed E-state index contributed by atoms with van der Waals surface area (Å²) >= 11 is 0. The topological polar surface area (TPSA) is 27.3 Å². The number of hydrogen-bond acceptors (Lipinski definition) is 3. The Morgan fingerprint density at radius 2 is 2.00 bits per heavy atom. The first-order chi connectivity index (χ1) is 8.24. The molecule has 1 heterocycles. The van der Waals surface area contributed by atoms with E-state index in [9.17, 15) is 0 Å². The van der Waals surface area contributed by atoms with Gasteiger partial charge in [-0.05, 0) is 64.4 Å². The Morgan fingerprint density at radius 1 is 1.29 bits per heavy atom. The highest BCUT2D eigenvalue weighted by molar-refractivity contribution is 5.03. The zero-order valence-electron chi connectivity index (χ0n) is 11.2. The fraction of sp³-hybridized carbons (Fsp3) is 0.857. The lowest BCUT2D eigenvalue weighted by Gasteiger charge is -2.31. The fourth-order valence-corrected chi connectivity index (χ4v) is 2.92. The monoisotopic (exact) mass is 237 g/mol. The molecule has 1 aliphatic carbocycles. The summed E-state index contributed by atoms with van der Waals surface area (Å²) in [4.78, 5) is 2.46. The zero-order valence-corrected chi connectivity index (χ0v) is 11.2. The van der Waals surface area contributed by atoms with Gasteiger partial charge in [0.05, 0.1) is 0 Å². The molecule has 0 aromatic carbocycles. The third-order valence-electron chi connectivity index (χ3n) is 4.28. The molecular formula is C14H27N3. The summed E-state index contributed by atoms with van der Waals surface area (Å²) in [5.41, 5.74) is 0.503. The van der Waals surface area contributed by atoms with Crippen molar-refractivity contribution in [3.63, 3.8) is 0 Å². The third kappa shape index (κ3) is 4.00. The van der Waals surface area contributed by atoms with Crippen LogP contribution in [0.5, 0.6) is 0 Å². The molecule has 1 saturated carbocycles. The molecular weight excluding hydrogens is 210 g/mol. The molecule has 1 saturated heterocycles. The van der Waals surface area contributed by atoms with Gasteiger partial charge in [0.1, 0.15) is 0 Å². The van der Waals surface area contributed by atoms with E-state index in [4.69, 9.17) is 0 Å². The maximum atomic E-state index is 3.74. The molecule has 0 aromatic heterocycles. The van der Waals surface area contributed by atoms with Crippen molar-refractivity contribution in [2.24, 2.45) is 5.92 Å². The zero-order chi connectivity index (χ0) is 12.1. The van der Waals surface area contributed by atoms with E-state index in [-0.39, 0.29) is 0 Å². The number of rotatable bonds is 7. The summed E-state index contributed by atoms with van der Waals surface area (Å²) in [7, 11) is 2.24. The largest absolute Gasteiger partial charge is 0.390 e. The smallest absolute Gasteiger partial charge is 0.0266 e. The normalized spacial score (nSPS) is 24.5. The molecule has 0 spiro atoms. The van der Waals surface area contributed by atoms with Gasteiger partial charge >= 0.3 is 0 Å². The van der Waals surface area contributed by atoms with E-state index in [2.05, 4.69) is 29.2 Å². The van der Waals surface area contributed by atoms with Gasteiger partial charge in [0, 0.05) is 18.6 Å². The predicted octanol–water partition coefficient (Wildman–Crippen LogP) is 1.57. The molecule has 0 atom stereocenters. The van der Waals surface area contributed by atoms with E-state index in [0.29, 0.717) is 5.54 Å². The van der Waals surface area contributed by atoms with Crippen LogP contribution in [0, 0.1) is 5.92 Å². The Hall–Kier alpha value is -0.540. The molecule has 0 bridgehead atoms. The summed E-state index contributed by atoms with van der Waals surface area (Å²) in [5.74, 6) is 0.952. The van der Waals surface area contributed by atoms with Gasteiger partial charge in [-0.2, -0.15) is 0 Å². The first kappa shape index (κ1) is 12.9. The highest BCUT2D eigenvalue weighted by atomic mass is 15.1. The standard InChI is InChI=1S/C14H27N3/c1-3-15-8-9-16-14(6-7-14)12-13-4-10-17(2)11-5-13/h3,13,15-16H,1,4-12H2,2H3. The van der Waals surface area contributed by atoms with Crippen molar-refractivity contribution in [1.29, 1.82) is 0 Å². The van der Waals surface area contributed by atoms with Crippen LogP contribution in [0.1, 0.15) is 32.1 Å². The fourth-order valence-electron chi connectivity index (χ4n) is 2.92. The van der Waals surface area contributed by atoms with Crippen molar-refractivity contribution >= 4 is 0 Å². The summed E-state index contributed by atoms with van der Waals surface area (Å²) in [6.07, 6.45) is 8.73. The van der Waals surface area contributed by atoms with Crippen molar-refractivity contribution in [2.75, 3.05) is 33.2 Å². The van der Waals surface area contributed by atoms with Crippen LogP contribution < -0.4 is 10.6 Å². The van der Waals surface area contributed by atoms with E-state index in [1.807, 2.05) is 0 Å². The van der Waals surface area contributed by atoms with Gasteiger partial charge in [0.2, 0.25) is 0 Å². The van der Waals surface area contributed by atoms with Crippen LogP contribution >= 0.6 is 0 Å². The van der Waals surface area contributed by atoms with Crippen LogP contribution in [0.4, 0.5) is 0 Å². The first-order valence-electron chi connectivity index (χ1n) is 7.02. The van der Waals surface area contributed by atoms with Crippen molar-refractivity contribution in [3.8, 4) is 0 Å². The minimum absolute atomic E-state index is 0.503. The maximum Gasteiger partial charge on any atom is 0.0266 e. The Balaban J connectivity index is 1.65. The first-order valence-corrected chi connectivity index (χ1v) is 7.02. The Bertz CT molecular complexity index is 240. The number of likely N-dealkylation sites (tertiary alicyclic amines) is 1. The minimum Gasteiger partial charge on any atom is -0.390 e.